The first-order chi connectivity index (χ1) is 11.7. The Morgan fingerprint density at radius 1 is 1.21 bits per heavy atom. The van der Waals surface area contributed by atoms with Gasteiger partial charge in [0, 0.05) is 6.08 Å². The second-order valence-electron chi connectivity index (χ2n) is 5.70. The smallest absolute Gasteiger partial charge is 0.267 e. The summed E-state index contributed by atoms with van der Waals surface area (Å²) in [6.07, 6.45) is 4.87. The number of hydroxylamine groups is 1. The number of carbonyl (C=O) groups excluding carboxylic acids is 1. The van der Waals surface area contributed by atoms with Crippen LogP contribution >= 0.6 is 0 Å². The molecule has 0 bridgehead atoms. The van der Waals surface area contributed by atoms with Gasteiger partial charge in [-0.15, -0.1) is 0 Å². The number of benzene rings is 2. The number of H-pyrrole nitrogens is 1. The van der Waals surface area contributed by atoms with Crippen molar-refractivity contribution in [3.63, 3.8) is 0 Å². The molecular weight excluding hydrogens is 302 g/mol. The average Bonchev–Trinajstić information content (AvgIpc) is 2.94. The van der Waals surface area contributed by atoms with E-state index < -0.39 is 5.91 Å². The maximum atomic E-state index is 11.1. The Kier molecular flexibility index (Phi) is 4.72. The number of nitrogens with one attached hydrogen (secondary N) is 2. The van der Waals surface area contributed by atoms with E-state index >= 15 is 0 Å². The second kappa shape index (κ2) is 7.10. The largest absolute Gasteiger partial charge is 0.288 e. The molecule has 0 spiro atoms. The normalized spacial score (nSPS) is 11.2. The molecular formula is C19H20N3O2+. The number of hydrogen-bond acceptors (Lipinski definition) is 2. The van der Waals surface area contributed by atoms with Crippen molar-refractivity contribution in [2.45, 2.75) is 12.8 Å². The molecule has 122 valence electrons. The van der Waals surface area contributed by atoms with Crippen LogP contribution in [0.3, 0.4) is 0 Å². The highest BCUT2D eigenvalue weighted by Gasteiger charge is 2.15. The first-order valence-corrected chi connectivity index (χ1v) is 7.84. The van der Waals surface area contributed by atoms with E-state index in [9.17, 15) is 4.79 Å². The van der Waals surface area contributed by atoms with E-state index in [0.717, 1.165) is 35.3 Å². The molecule has 0 aliphatic rings. The molecule has 1 amide bonds. The molecule has 5 heteroatoms. The molecule has 0 fully saturated rings. The third kappa shape index (κ3) is 3.52. The van der Waals surface area contributed by atoms with Crippen LogP contribution in [0.2, 0.25) is 0 Å². The summed E-state index contributed by atoms with van der Waals surface area (Å²) in [7, 11) is 2.03. The van der Waals surface area contributed by atoms with Crippen LogP contribution in [0, 0.1) is 0 Å². The second-order valence-corrected chi connectivity index (χ2v) is 5.70. The standard InChI is InChI=1S/C19H19N3O2/c1-22-17-13-15(9-12-19(23)21-24)7-10-16(17)20-18(22)11-8-14-5-3-2-4-6-14/h2-7,9-10,12-13H,8,11H2,1H3,(H2,21,23,24)/p+1. The van der Waals surface area contributed by atoms with E-state index in [2.05, 4.69) is 33.8 Å². The van der Waals surface area contributed by atoms with Gasteiger partial charge in [0.25, 0.3) is 11.7 Å². The molecule has 0 saturated heterocycles. The molecule has 1 heterocycles. The average molecular weight is 322 g/mol. The lowest BCUT2D eigenvalue weighted by molar-refractivity contribution is -0.652. The van der Waals surface area contributed by atoms with Crippen molar-refractivity contribution in [1.29, 1.82) is 0 Å². The summed E-state index contributed by atoms with van der Waals surface area (Å²) < 4.78 is 2.14. The van der Waals surface area contributed by atoms with E-state index in [1.54, 1.807) is 11.6 Å². The Morgan fingerprint density at radius 3 is 2.75 bits per heavy atom. The summed E-state index contributed by atoms with van der Waals surface area (Å²) in [5.41, 5.74) is 5.93. The summed E-state index contributed by atoms with van der Waals surface area (Å²) in [4.78, 5) is 14.5. The van der Waals surface area contributed by atoms with Gasteiger partial charge in [-0.1, -0.05) is 36.4 Å². The quantitative estimate of drug-likeness (QED) is 0.292. The predicted molar refractivity (Wildman–Crippen MR) is 92.3 cm³/mol. The first kappa shape index (κ1) is 16.0. The van der Waals surface area contributed by atoms with Crippen molar-refractivity contribution in [3.8, 4) is 0 Å². The summed E-state index contributed by atoms with van der Waals surface area (Å²) in [5.74, 6) is 0.611. The minimum atomic E-state index is -0.544. The lowest BCUT2D eigenvalue weighted by Crippen LogP contribution is -2.32. The van der Waals surface area contributed by atoms with Crippen molar-refractivity contribution in [3.05, 3.63) is 71.6 Å². The molecule has 0 aliphatic carbocycles. The fourth-order valence-electron chi connectivity index (χ4n) is 2.77. The Hall–Kier alpha value is -2.92. The third-order valence-electron chi connectivity index (χ3n) is 4.10. The SMILES string of the molecule is C[n+]1c(CCc2ccccc2)[nH]c2ccc(C=CC(=O)NO)cc21. The van der Waals surface area contributed by atoms with Gasteiger partial charge < -0.3 is 0 Å². The van der Waals surface area contributed by atoms with E-state index in [0.29, 0.717) is 0 Å². The number of nitrogens with zero attached hydrogens (tertiary/aromatic N) is 1. The monoisotopic (exact) mass is 322 g/mol. The van der Waals surface area contributed by atoms with Crippen molar-refractivity contribution >= 4 is 23.0 Å². The highest BCUT2D eigenvalue weighted by Crippen LogP contribution is 2.14. The topological polar surface area (TPSA) is 69.0 Å². The van der Waals surface area contributed by atoms with Gasteiger partial charge in [0.05, 0.1) is 13.5 Å². The Labute approximate surface area is 140 Å². The molecule has 2 aromatic carbocycles. The Bertz CT molecular complexity index is 882. The van der Waals surface area contributed by atoms with Crippen molar-refractivity contribution in [1.82, 2.24) is 10.5 Å². The number of aromatic nitrogens is 2. The first-order valence-electron chi connectivity index (χ1n) is 7.84. The Balaban J connectivity index is 1.82. The minimum absolute atomic E-state index is 0.544. The number of rotatable bonds is 5. The lowest BCUT2D eigenvalue weighted by atomic mass is 10.1. The molecule has 3 rings (SSSR count). The number of hydrogen-bond donors (Lipinski definition) is 3. The number of fused-ring (bicyclic) bond motifs is 1. The molecule has 0 radical (unpaired) electrons. The fourth-order valence-corrected chi connectivity index (χ4v) is 2.77. The van der Waals surface area contributed by atoms with Crippen LogP contribution in [0.5, 0.6) is 0 Å². The molecule has 1 aromatic heterocycles. The summed E-state index contributed by atoms with van der Waals surface area (Å²) in [5, 5.41) is 8.53. The third-order valence-corrected chi connectivity index (χ3v) is 4.10. The Morgan fingerprint density at radius 2 is 2.00 bits per heavy atom. The van der Waals surface area contributed by atoms with Gasteiger partial charge in [0.1, 0.15) is 0 Å². The highest BCUT2D eigenvalue weighted by atomic mass is 16.5. The van der Waals surface area contributed by atoms with Gasteiger partial charge in [-0.3, -0.25) is 10.0 Å². The van der Waals surface area contributed by atoms with Crippen molar-refractivity contribution in [2.24, 2.45) is 7.05 Å². The van der Waals surface area contributed by atoms with E-state index in [4.69, 9.17) is 5.21 Å². The molecule has 24 heavy (non-hydrogen) atoms. The van der Waals surface area contributed by atoms with Crippen LogP contribution in [0.4, 0.5) is 0 Å². The molecule has 3 aromatic rings. The summed E-state index contributed by atoms with van der Waals surface area (Å²) in [6.45, 7) is 0. The maximum absolute atomic E-state index is 11.1. The van der Waals surface area contributed by atoms with E-state index in [-0.39, 0.29) is 0 Å². The van der Waals surface area contributed by atoms with Gasteiger partial charge in [-0.2, -0.15) is 0 Å². The van der Waals surface area contributed by atoms with Crippen LogP contribution in [0.1, 0.15) is 17.0 Å². The zero-order chi connectivity index (χ0) is 16.9. The van der Waals surface area contributed by atoms with Gasteiger partial charge in [0.15, 0.2) is 11.0 Å². The van der Waals surface area contributed by atoms with Crippen LogP contribution in [-0.2, 0) is 24.7 Å². The van der Waals surface area contributed by atoms with E-state index in [1.165, 1.54) is 11.6 Å². The predicted octanol–water partition coefficient (Wildman–Crippen LogP) is 2.30. The molecule has 0 atom stereocenters. The van der Waals surface area contributed by atoms with Crippen LogP contribution in [0.15, 0.2) is 54.6 Å². The van der Waals surface area contributed by atoms with Gasteiger partial charge in [-0.05, 0) is 35.8 Å². The maximum Gasteiger partial charge on any atom is 0.267 e. The zero-order valence-corrected chi connectivity index (χ0v) is 13.5. The van der Waals surface area contributed by atoms with Gasteiger partial charge >= 0.3 is 0 Å². The zero-order valence-electron chi connectivity index (χ0n) is 13.5. The summed E-state index contributed by atoms with van der Waals surface area (Å²) in [6, 6.07) is 16.4. The number of imidazole rings is 1. The van der Waals surface area contributed by atoms with Gasteiger partial charge in [-0.25, -0.2) is 15.0 Å². The lowest BCUT2D eigenvalue weighted by Gasteiger charge is -1.98. The molecule has 0 saturated carbocycles. The van der Waals surface area contributed by atoms with Gasteiger partial charge in [0.2, 0.25) is 0 Å². The summed E-state index contributed by atoms with van der Waals surface area (Å²) >= 11 is 0. The molecule has 5 nitrogen and oxygen atoms in total. The van der Waals surface area contributed by atoms with Crippen LogP contribution in [0.25, 0.3) is 17.1 Å². The van der Waals surface area contributed by atoms with Crippen molar-refractivity contribution in [2.75, 3.05) is 0 Å². The number of amides is 1. The van der Waals surface area contributed by atoms with Crippen LogP contribution < -0.4 is 10.0 Å². The molecule has 3 N–H and O–H groups in total. The number of aromatic amines is 1. The fraction of sp³-hybridized carbons (Fsp3) is 0.158. The van der Waals surface area contributed by atoms with E-state index in [1.807, 2.05) is 31.3 Å². The number of aryl methyl sites for hydroxylation is 3. The molecule has 0 aliphatic heterocycles. The molecule has 0 unspecified atom stereocenters. The highest BCUT2D eigenvalue weighted by molar-refractivity contribution is 5.91. The van der Waals surface area contributed by atoms with Crippen molar-refractivity contribution < 1.29 is 14.6 Å². The number of carbonyl (C=O) groups is 1. The van der Waals surface area contributed by atoms with Crippen LogP contribution in [-0.4, -0.2) is 16.1 Å². The minimum Gasteiger partial charge on any atom is -0.288 e.